The molecule has 0 spiro atoms. The van der Waals surface area contributed by atoms with Gasteiger partial charge in [0.25, 0.3) is 0 Å². The summed E-state index contributed by atoms with van der Waals surface area (Å²) in [5, 5.41) is 7.82. The van der Waals surface area contributed by atoms with E-state index in [1.807, 2.05) is 0 Å². The molecule has 15 rings (SSSR count). The lowest BCUT2D eigenvalue weighted by molar-refractivity contribution is -0.0784. The van der Waals surface area contributed by atoms with Crippen LogP contribution in [0.2, 0.25) is 0 Å². The molecular weight excluding hydrogens is 843 g/mol. The van der Waals surface area contributed by atoms with Crippen molar-refractivity contribution in [3.63, 3.8) is 0 Å². The van der Waals surface area contributed by atoms with Crippen LogP contribution in [0.1, 0.15) is 53.5 Å². The van der Waals surface area contributed by atoms with E-state index in [4.69, 9.17) is 0 Å². The van der Waals surface area contributed by atoms with Crippen LogP contribution in [-0.2, 0) is 10.8 Å². The van der Waals surface area contributed by atoms with Gasteiger partial charge in [0.1, 0.15) is 0 Å². The molecule has 11 aromatic rings. The molecule has 0 aromatic heterocycles. The highest BCUT2D eigenvalue weighted by Crippen LogP contribution is 2.74. The maximum Gasteiger partial charge on any atom is 0.0714 e. The zero-order valence-electron chi connectivity index (χ0n) is 39.1. The van der Waals surface area contributed by atoms with Crippen LogP contribution in [0.15, 0.2) is 243 Å². The van der Waals surface area contributed by atoms with E-state index in [0.29, 0.717) is 5.41 Å². The van der Waals surface area contributed by atoms with Crippen molar-refractivity contribution in [1.82, 2.24) is 0 Å². The van der Waals surface area contributed by atoms with Crippen LogP contribution in [-0.4, -0.2) is 0 Å². The monoisotopic (exact) mass is 893 g/mol. The van der Waals surface area contributed by atoms with Crippen molar-refractivity contribution in [2.45, 2.75) is 36.5 Å². The predicted molar refractivity (Wildman–Crippen MR) is 292 cm³/mol. The second-order valence-corrected chi connectivity index (χ2v) is 20.7. The normalized spacial score (nSPS) is 20.1. The average molecular weight is 894 g/mol. The van der Waals surface area contributed by atoms with Crippen LogP contribution in [0, 0.1) is 17.8 Å². The molecule has 1 nitrogen and oxygen atoms in total. The van der Waals surface area contributed by atoms with Gasteiger partial charge in [-0.3, -0.25) is 0 Å². The number of benzene rings is 11. The molecule has 4 aliphatic carbocycles. The van der Waals surface area contributed by atoms with Gasteiger partial charge in [-0.15, -0.1) is 0 Å². The summed E-state index contributed by atoms with van der Waals surface area (Å²) in [4.78, 5) is 2.58. The number of fused-ring (bicyclic) bond motifs is 7. The summed E-state index contributed by atoms with van der Waals surface area (Å²) in [5.74, 6) is 2.72. The minimum Gasteiger partial charge on any atom is -0.309 e. The molecule has 0 radical (unpaired) electrons. The zero-order chi connectivity index (χ0) is 46.0. The number of nitrogens with zero attached hydrogens (tertiary/aromatic N) is 1. The van der Waals surface area contributed by atoms with Crippen LogP contribution in [0.3, 0.4) is 0 Å². The summed E-state index contributed by atoms with van der Waals surface area (Å²) in [6, 6.07) is 91.7. The van der Waals surface area contributed by atoms with E-state index in [9.17, 15) is 0 Å². The van der Waals surface area contributed by atoms with Gasteiger partial charge < -0.3 is 4.90 Å². The zero-order valence-corrected chi connectivity index (χ0v) is 39.1. The summed E-state index contributed by atoms with van der Waals surface area (Å²) < 4.78 is 0. The van der Waals surface area contributed by atoms with Crippen molar-refractivity contribution in [2.75, 3.05) is 4.90 Å². The van der Waals surface area contributed by atoms with E-state index in [0.717, 1.165) is 34.8 Å². The molecule has 0 amide bonds. The van der Waals surface area contributed by atoms with Gasteiger partial charge in [-0.1, -0.05) is 218 Å². The molecule has 11 aromatic carbocycles. The van der Waals surface area contributed by atoms with Crippen molar-refractivity contribution >= 4 is 49.4 Å². The number of hydrogen-bond donors (Lipinski definition) is 0. The Kier molecular flexibility index (Phi) is 8.70. The third-order valence-electron chi connectivity index (χ3n) is 17.6. The van der Waals surface area contributed by atoms with Crippen molar-refractivity contribution in [3.8, 4) is 33.4 Å². The van der Waals surface area contributed by atoms with Crippen LogP contribution < -0.4 is 4.90 Å². The van der Waals surface area contributed by atoms with E-state index in [-0.39, 0.29) is 0 Å². The largest absolute Gasteiger partial charge is 0.309 e. The van der Waals surface area contributed by atoms with E-state index >= 15 is 0 Å². The van der Waals surface area contributed by atoms with Gasteiger partial charge in [0, 0.05) is 16.8 Å². The SMILES string of the molecule is c1ccc(C2(c3ccccc3)c3ccccc3-c3ccc(N(c4ccccc4-c4ccc(C56C[C@H]7CC[C@@H](C5)C76)c5ccccc45)c4ccccc4-c4cccc5c4ccc4ccccc45)cc32)cc1. The number of rotatable bonds is 8. The van der Waals surface area contributed by atoms with E-state index < -0.39 is 5.41 Å². The predicted octanol–water partition coefficient (Wildman–Crippen LogP) is 18.0. The molecule has 3 saturated carbocycles. The summed E-state index contributed by atoms with van der Waals surface area (Å²) in [5.41, 5.74) is 17.4. The topological polar surface area (TPSA) is 3.24 Å². The lowest BCUT2D eigenvalue weighted by atomic mass is 9.39. The molecule has 0 saturated heterocycles. The molecule has 70 heavy (non-hydrogen) atoms. The fraction of sp³-hybridized carbons (Fsp3) is 0.130. The smallest absolute Gasteiger partial charge is 0.0714 e. The third-order valence-corrected chi connectivity index (χ3v) is 17.6. The van der Waals surface area contributed by atoms with Gasteiger partial charge >= 0.3 is 0 Å². The Bertz CT molecular complexity index is 3830. The standard InChI is InChI=1S/C69H51N/c1-3-19-48(20-4-1)69(49-21-5-2-6-22-49)63-31-14-11-26-58(63)59-39-37-50(42-64(59)69)70(65-32-15-12-27-60(65)54-30-17-29-52-51-23-8-7-18-45(51)36-38-55(52)54)66-33-16-13-28-61(66)56-40-41-62(57-25-10-9-24-53(56)57)68-43-46-34-35-47(44-68)67(46)68/h1-33,36-42,46-47,67H,34-35,43-44H2/t46-,47+,67?,68?. The molecule has 4 aliphatic rings. The van der Waals surface area contributed by atoms with E-state index in [1.54, 1.807) is 5.56 Å². The summed E-state index contributed by atoms with van der Waals surface area (Å²) in [6.45, 7) is 0. The molecule has 0 heterocycles. The number of para-hydroxylation sites is 2. The lowest BCUT2D eigenvalue weighted by Gasteiger charge is -2.64. The summed E-state index contributed by atoms with van der Waals surface area (Å²) in [7, 11) is 0. The first-order valence-corrected chi connectivity index (χ1v) is 25.5. The van der Waals surface area contributed by atoms with E-state index in [2.05, 4.69) is 248 Å². The van der Waals surface area contributed by atoms with Crippen molar-refractivity contribution < 1.29 is 0 Å². The Labute approximate surface area is 410 Å². The minimum absolute atomic E-state index is 0.351. The van der Waals surface area contributed by atoms with Crippen LogP contribution in [0.4, 0.5) is 17.1 Å². The van der Waals surface area contributed by atoms with Crippen molar-refractivity contribution in [2.24, 2.45) is 17.8 Å². The molecule has 0 aliphatic heterocycles. The first-order chi connectivity index (χ1) is 34.7. The molecule has 4 atom stereocenters. The van der Waals surface area contributed by atoms with Gasteiger partial charge in [0.2, 0.25) is 0 Å². The quantitative estimate of drug-likeness (QED) is 0.137. The highest BCUT2D eigenvalue weighted by Gasteiger charge is 2.68. The molecular formula is C69H51N. The van der Waals surface area contributed by atoms with Gasteiger partial charge in [-0.2, -0.15) is 0 Å². The Hall–Kier alpha value is -8.00. The fourth-order valence-corrected chi connectivity index (χ4v) is 14.9. The molecule has 2 unspecified atom stereocenters. The lowest BCUT2D eigenvalue weighted by Crippen LogP contribution is -2.60. The highest BCUT2D eigenvalue weighted by atomic mass is 15.1. The maximum atomic E-state index is 2.58. The Balaban J connectivity index is 0.998. The number of anilines is 3. The van der Waals surface area contributed by atoms with Crippen molar-refractivity contribution in [3.05, 3.63) is 270 Å². The minimum atomic E-state index is -0.544. The third kappa shape index (κ3) is 5.49. The molecule has 1 heteroatoms. The van der Waals surface area contributed by atoms with Crippen molar-refractivity contribution in [1.29, 1.82) is 0 Å². The average Bonchev–Trinajstić information content (AvgIpc) is 3.77. The Morgan fingerprint density at radius 1 is 0.329 bits per heavy atom. The van der Waals surface area contributed by atoms with Crippen LogP contribution >= 0.6 is 0 Å². The van der Waals surface area contributed by atoms with E-state index in [1.165, 1.54) is 114 Å². The summed E-state index contributed by atoms with van der Waals surface area (Å²) >= 11 is 0. The molecule has 0 N–H and O–H groups in total. The first-order valence-electron chi connectivity index (χ1n) is 25.5. The van der Waals surface area contributed by atoms with Crippen LogP contribution in [0.5, 0.6) is 0 Å². The van der Waals surface area contributed by atoms with Crippen LogP contribution in [0.25, 0.3) is 65.7 Å². The fourth-order valence-electron chi connectivity index (χ4n) is 14.9. The highest BCUT2D eigenvalue weighted by molar-refractivity contribution is 6.13. The van der Waals surface area contributed by atoms with Gasteiger partial charge in [0.15, 0.2) is 0 Å². The molecule has 332 valence electrons. The summed E-state index contributed by atoms with van der Waals surface area (Å²) in [6.07, 6.45) is 5.58. The Morgan fingerprint density at radius 2 is 0.843 bits per heavy atom. The first kappa shape index (κ1) is 39.9. The van der Waals surface area contributed by atoms with Gasteiger partial charge in [0.05, 0.1) is 16.8 Å². The molecule has 0 bridgehead atoms. The molecule has 3 fully saturated rings. The van der Waals surface area contributed by atoms with Gasteiger partial charge in [-0.25, -0.2) is 0 Å². The Morgan fingerprint density at radius 3 is 1.56 bits per heavy atom. The maximum absolute atomic E-state index is 2.58. The second kappa shape index (κ2) is 15.3. The van der Waals surface area contributed by atoms with Gasteiger partial charge in [-0.05, 0) is 156 Å². The number of hydrogen-bond acceptors (Lipinski definition) is 1. The second-order valence-electron chi connectivity index (χ2n) is 20.7.